The van der Waals surface area contributed by atoms with E-state index in [0.29, 0.717) is 25.1 Å². The molecule has 0 saturated carbocycles. The lowest BCUT2D eigenvalue weighted by Gasteiger charge is -2.10. The molecule has 2 aromatic carbocycles. The summed E-state index contributed by atoms with van der Waals surface area (Å²) in [6.07, 6.45) is 1.22. The standard InChI is InChI=1S/C20H21NO3S/c1-14-5-7-15(8-6-14)25-12-11-21-20(23)13-24-19-4-2-3-16-17(19)9-10-18(16)22/h2-8H,9-13H2,1H3,(H,21,23). The Morgan fingerprint density at radius 3 is 2.76 bits per heavy atom. The minimum Gasteiger partial charge on any atom is -0.483 e. The molecular weight excluding hydrogens is 334 g/mol. The molecule has 0 saturated heterocycles. The molecule has 0 aliphatic heterocycles. The van der Waals surface area contributed by atoms with Crippen LogP contribution in [0, 0.1) is 6.92 Å². The van der Waals surface area contributed by atoms with Gasteiger partial charge in [-0.25, -0.2) is 0 Å². The Morgan fingerprint density at radius 2 is 1.96 bits per heavy atom. The molecule has 3 rings (SSSR count). The van der Waals surface area contributed by atoms with Crippen LogP contribution in [-0.2, 0) is 11.2 Å². The van der Waals surface area contributed by atoms with Gasteiger partial charge >= 0.3 is 0 Å². The number of hydrogen-bond acceptors (Lipinski definition) is 4. The lowest BCUT2D eigenvalue weighted by Crippen LogP contribution is -2.30. The number of benzene rings is 2. The summed E-state index contributed by atoms with van der Waals surface area (Å²) in [7, 11) is 0. The number of fused-ring (bicyclic) bond motifs is 1. The van der Waals surface area contributed by atoms with Crippen LogP contribution < -0.4 is 10.1 Å². The number of nitrogens with one attached hydrogen (secondary N) is 1. The summed E-state index contributed by atoms with van der Waals surface area (Å²) in [6, 6.07) is 13.8. The molecule has 130 valence electrons. The second-order valence-corrected chi connectivity index (χ2v) is 7.17. The number of aryl methyl sites for hydroxylation is 1. The molecule has 0 spiro atoms. The minimum atomic E-state index is -0.147. The van der Waals surface area contributed by atoms with Crippen molar-refractivity contribution in [2.45, 2.75) is 24.7 Å². The van der Waals surface area contributed by atoms with Crippen molar-refractivity contribution in [3.63, 3.8) is 0 Å². The highest BCUT2D eigenvalue weighted by Gasteiger charge is 2.22. The monoisotopic (exact) mass is 355 g/mol. The van der Waals surface area contributed by atoms with Crippen molar-refractivity contribution in [3.8, 4) is 5.75 Å². The van der Waals surface area contributed by atoms with Gasteiger partial charge in [0.1, 0.15) is 5.75 Å². The molecule has 2 aromatic rings. The van der Waals surface area contributed by atoms with E-state index in [1.165, 1.54) is 10.5 Å². The SMILES string of the molecule is Cc1ccc(SCCNC(=O)COc2cccc3c2CCC3=O)cc1. The maximum Gasteiger partial charge on any atom is 0.257 e. The van der Waals surface area contributed by atoms with Gasteiger partial charge in [-0.05, 0) is 31.5 Å². The van der Waals surface area contributed by atoms with E-state index >= 15 is 0 Å². The Labute approximate surface area is 152 Å². The molecule has 0 fully saturated rings. The van der Waals surface area contributed by atoms with Crippen LogP contribution in [0.15, 0.2) is 47.4 Å². The first kappa shape index (κ1) is 17.5. The van der Waals surface area contributed by atoms with Crippen molar-refractivity contribution in [3.05, 3.63) is 59.2 Å². The van der Waals surface area contributed by atoms with E-state index in [4.69, 9.17) is 4.74 Å². The summed E-state index contributed by atoms with van der Waals surface area (Å²) in [5.41, 5.74) is 2.89. The third kappa shape index (κ3) is 4.63. The number of ether oxygens (including phenoxy) is 1. The van der Waals surface area contributed by atoms with E-state index in [-0.39, 0.29) is 18.3 Å². The fraction of sp³-hybridized carbons (Fsp3) is 0.300. The van der Waals surface area contributed by atoms with Crippen molar-refractivity contribution in [1.82, 2.24) is 5.32 Å². The van der Waals surface area contributed by atoms with Crippen molar-refractivity contribution in [2.24, 2.45) is 0 Å². The molecule has 25 heavy (non-hydrogen) atoms. The topological polar surface area (TPSA) is 55.4 Å². The molecular formula is C20H21NO3S. The molecule has 0 aromatic heterocycles. The zero-order valence-electron chi connectivity index (χ0n) is 14.2. The number of rotatable bonds is 7. The van der Waals surface area contributed by atoms with E-state index in [1.807, 2.05) is 12.1 Å². The third-order valence-corrected chi connectivity index (χ3v) is 5.12. The van der Waals surface area contributed by atoms with Gasteiger partial charge < -0.3 is 10.1 Å². The lowest BCUT2D eigenvalue weighted by atomic mass is 10.1. The normalized spacial score (nSPS) is 12.8. The number of ketones is 1. The minimum absolute atomic E-state index is 0.0279. The highest BCUT2D eigenvalue weighted by atomic mass is 32.2. The van der Waals surface area contributed by atoms with Gasteiger partial charge in [-0.15, -0.1) is 11.8 Å². The summed E-state index contributed by atoms with van der Waals surface area (Å²) in [6.45, 7) is 2.62. The van der Waals surface area contributed by atoms with E-state index in [2.05, 4.69) is 36.5 Å². The van der Waals surface area contributed by atoms with E-state index in [9.17, 15) is 9.59 Å². The van der Waals surface area contributed by atoms with Crippen LogP contribution in [0.4, 0.5) is 0 Å². The molecule has 5 heteroatoms. The van der Waals surface area contributed by atoms with Gasteiger partial charge in [0.2, 0.25) is 0 Å². The predicted molar refractivity (Wildman–Crippen MR) is 99.5 cm³/mol. The van der Waals surface area contributed by atoms with E-state index in [0.717, 1.165) is 16.9 Å². The van der Waals surface area contributed by atoms with Crippen LogP contribution in [0.1, 0.15) is 27.9 Å². The average Bonchev–Trinajstić information content (AvgIpc) is 3.00. The first-order valence-electron chi connectivity index (χ1n) is 8.37. The van der Waals surface area contributed by atoms with Crippen molar-refractivity contribution in [1.29, 1.82) is 0 Å². The maximum atomic E-state index is 11.9. The van der Waals surface area contributed by atoms with Gasteiger partial charge in [-0.2, -0.15) is 0 Å². The van der Waals surface area contributed by atoms with Crippen molar-refractivity contribution >= 4 is 23.5 Å². The Bertz CT molecular complexity index is 771. The number of carbonyl (C=O) groups is 2. The highest BCUT2D eigenvalue weighted by Crippen LogP contribution is 2.30. The predicted octanol–water partition coefficient (Wildman–Crippen LogP) is 3.41. The van der Waals surface area contributed by atoms with Crippen LogP contribution in [0.5, 0.6) is 5.75 Å². The van der Waals surface area contributed by atoms with Gasteiger partial charge in [0.05, 0.1) is 0 Å². The Morgan fingerprint density at radius 1 is 1.16 bits per heavy atom. The molecule has 1 aliphatic rings. The number of amides is 1. The summed E-state index contributed by atoms with van der Waals surface area (Å²) in [5.74, 6) is 1.46. The Kier molecular flexibility index (Phi) is 5.76. The lowest BCUT2D eigenvalue weighted by molar-refractivity contribution is -0.122. The first-order valence-corrected chi connectivity index (χ1v) is 9.36. The Hall–Kier alpha value is -2.27. The number of hydrogen-bond donors (Lipinski definition) is 1. The van der Waals surface area contributed by atoms with Crippen molar-refractivity contribution < 1.29 is 14.3 Å². The summed E-state index contributed by atoms with van der Waals surface area (Å²) >= 11 is 1.71. The fourth-order valence-corrected chi connectivity index (χ4v) is 3.55. The first-order chi connectivity index (χ1) is 12.1. The fourth-order valence-electron chi connectivity index (χ4n) is 2.78. The van der Waals surface area contributed by atoms with Crippen LogP contribution in [0.2, 0.25) is 0 Å². The number of carbonyl (C=O) groups excluding carboxylic acids is 2. The zero-order chi connectivity index (χ0) is 17.6. The molecule has 4 nitrogen and oxygen atoms in total. The van der Waals surface area contributed by atoms with Gasteiger partial charge in [-0.3, -0.25) is 9.59 Å². The number of thioether (sulfide) groups is 1. The molecule has 0 radical (unpaired) electrons. The second-order valence-electron chi connectivity index (χ2n) is 6.01. The molecule has 1 aliphatic carbocycles. The highest BCUT2D eigenvalue weighted by molar-refractivity contribution is 7.99. The van der Waals surface area contributed by atoms with Gasteiger partial charge in [0.25, 0.3) is 5.91 Å². The largest absolute Gasteiger partial charge is 0.483 e. The van der Waals surface area contributed by atoms with E-state index < -0.39 is 0 Å². The smallest absolute Gasteiger partial charge is 0.257 e. The van der Waals surface area contributed by atoms with Gasteiger partial charge in [0, 0.05) is 34.7 Å². The zero-order valence-corrected chi connectivity index (χ0v) is 15.0. The van der Waals surface area contributed by atoms with Crippen LogP contribution >= 0.6 is 11.8 Å². The van der Waals surface area contributed by atoms with Crippen LogP contribution in [-0.4, -0.2) is 30.6 Å². The average molecular weight is 355 g/mol. The Balaban J connectivity index is 1.40. The molecule has 0 heterocycles. The third-order valence-electron chi connectivity index (χ3n) is 4.11. The molecule has 0 atom stereocenters. The van der Waals surface area contributed by atoms with Crippen LogP contribution in [0.3, 0.4) is 0 Å². The summed E-state index contributed by atoms with van der Waals surface area (Å²) in [4.78, 5) is 24.8. The quantitative estimate of drug-likeness (QED) is 0.611. The molecule has 1 amide bonds. The molecule has 0 bridgehead atoms. The van der Waals surface area contributed by atoms with Crippen molar-refractivity contribution in [2.75, 3.05) is 18.9 Å². The maximum absolute atomic E-state index is 11.9. The second kappa shape index (κ2) is 8.21. The van der Waals surface area contributed by atoms with E-state index in [1.54, 1.807) is 17.8 Å². The number of Topliss-reactive ketones (excluding diaryl/α,β-unsaturated/α-hetero) is 1. The van der Waals surface area contributed by atoms with Gasteiger partial charge in [0.15, 0.2) is 12.4 Å². The molecule has 0 unspecified atom stereocenters. The molecule has 1 N–H and O–H groups in total. The van der Waals surface area contributed by atoms with Crippen LogP contribution in [0.25, 0.3) is 0 Å². The van der Waals surface area contributed by atoms with Gasteiger partial charge in [-0.1, -0.05) is 29.8 Å². The summed E-state index contributed by atoms with van der Waals surface area (Å²) in [5, 5.41) is 2.86. The summed E-state index contributed by atoms with van der Waals surface area (Å²) < 4.78 is 5.62.